The molecule has 0 spiro atoms. The van der Waals surface area contributed by atoms with Crippen molar-refractivity contribution in [2.75, 3.05) is 26.4 Å². The molecule has 1 saturated heterocycles. The Morgan fingerprint density at radius 2 is 0.731 bits per heavy atom. The smallest absolute Gasteiger partial charge is 0.306 e. The molecule has 4 N–H and O–H groups in total. The Morgan fingerprint density at radius 1 is 0.418 bits per heavy atom. The highest BCUT2D eigenvalue weighted by atomic mass is 16.7. The zero-order valence-corrected chi connectivity index (χ0v) is 44.4. The van der Waals surface area contributed by atoms with Crippen LogP contribution in [0.5, 0.6) is 0 Å². The summed E-state index contributed by atoms with van der Waals surface area (Å²) in [7, 11) is 0. The third-order valence-electron chi connectivity index (χ3n) is 14.3. The van der Waals surface area contributed by atoms with Crippen molar-refractivity contribution in [2.24, 2.45) is 0 Å². The molecule has 67 heavy (non-hydrogen) atoms. The van der Waals surface area contributed by atoms with Gasteiger partial charge in [-0.1, -0.05) is 284 Å². The van der Waals surface area contributed by atoms with Gasteiger partial charge in [-0.05, 0) is 12.8 Å². The molecule has 9 nitrogen and oxygen atoms in total. The maximum atomic E-state index is 12.9. The lowest BCUT2D eigenvalue weighted by atomic mass is 9.99. The summed E-state index contributed by atoms with van der Waals surface area (Å²) in [5.74, 6) is -0.303. The molecule has 0 aromatic carbocycles. The van der Waals surface area contributed by atoms with Gasteiger partial charge in [0, 0.05) is 13.0 Å². The standard InChI is InChI=1S/C58H114O9/c1-3-5-7-9-11-13-15-17-19-21-23-24-25-26-27-28-29-30-32-34-36-38-40-42-44-46-48-64-50-52(51-65-58-57(63)56(62)55(61)53(49-59)67-58)66-54(60)47-45-43-41-39-37-35-33-31-22-20-18-16-14-12-10-8-6-4-2/h52-53,55-59,61-63H,3-51H2,1-2H3. The Hall–Kier alpha value is -0.810. The van der Waals surface area contributed by atoms with Gasteiger partial charge in [0.25, 0.3) is 0 Å². The molecule has 1 heterocycles. The van der Waals surface area contributed by atoms with Gasteiger partial charge in [-0.2, -0.15) is 0 Å². The number of aliphatic hydroxyl groups excluding tert-OH is 4. The third kappa shape index (κ3) is 40.5. The van der Waals surface area contributed by atoms with Gasteiger partial charge < -0.3 is 39.4 Å². The summed E-state index contributed by atoms with van der Waals surface area (Å²) in [4.78, 5) is 12.9. The molecule has 1 rings (SSSR count). The Labute approximate surface area is 414 Å². The van der Waals surface area contributed by atoms with Gasteiger partial charge in [-0.25, -0.2) is 0 Å². The van der Waals surface area contributed by atoms with Crippen molar-refractivity contribution in [3.05, 3.63) is 0 Å². The summed E-state index contributed by atoms with van der Waals surface area (Å²) in [5.41, 5.74) is 0. The zero-order valence-electron chi connectivity index (χ0n) is 44.4. The van der Waals surface area contributed by atoms with Crippen LogP contribution in [0.4, 0.5) is 0 Å². The predicted molar refractivity (Wildman–Crippen MR) is 280 cm³/mol. The number of esters is 1. The van der Waals surface area contributed by atoms with Crippen LogP contribution in [0.3, 0.4) is 0 Å². The number of aliphatic hydroxyl groups is 4. The van der Waals surface area contributed by atoms with Crippen molar-refractivity contribution in [1.29, 1.82) is 0 Å². The zero-order chi connectivity index (χ0) is 48.5. The monoisotopic (exact) mass is 955 g/mol. The minimum absolute atomic E-state index is 0.104. The highest BCUT2D eigenvalue weighted by Crippen LogP contribution is 2.23. The molecule has 400 valence electrons. The van der Waals surface area contributed by atoms with E-state index in [9.17, 15) is 25.2 Å². The molecule has 1 aliphatic rings. The maximum Gasteiger partial charge on any atom is 0.306 e. The molecular formula is C58H114O9. The molecule has 0 aromatic heterocycles. The van der Waals surface area contributed by atoms with E-state index in [4.69, 9.17) is 18.9 Å². The van der Waals surface area contributed by atoms with Crippen molar-refractivity contribution in [3.8, 4) is 0 Å². The highest BCUT2D eigenvalue weighted by Gasteiger charge is 2.44. The molecule has 0 aromatic rings. The quantitative estimate of drug-likeness (QED) is 0.0347. The van der Waals surface area contributed by atoms with Crippen molar-refractivity contribution in [3.63, 3.8) is 0 Å². The third-order valence-corrected chi connectivity index (χ3v) is 14.3. The van der Waals surface area contributed by atoms with E-state index < -0.39 is 43.4 Å². The van der Waals surface area contributed by atoms with Crippen LogP contribution in [0.25, 0.3) is 0 Å². The number of carbonyl (C=O) groups is 1. The van der Waals surface area contributed by atoms with E-state index in [-0.39, 0.29) is 19.2 Å². The molecule has 0 radical (unpaired) electrons. The van der Waals surface area contributed by atoms with Crippen LogP contribution in [-0.2, 0) is 23.7 Å². The molecular weight excluding hydrogens is 841 g/mol. The maximum absolute atomic E-state index is 12.9. The fourth-order valence-corrected chi connectivity index (χ4v) is 9.67. The normalized spacial score (nSPS) is 19.0. The molecule has 0 bridgehead atoms. The largest absolute Gasteiger partial charge is 0.457 e. The minimum Gasteiger partial charge on any atom is -0.457 e. The summed E-state index contributed by atoms with van der Waals surface area (Å²) in [6.45, 7) is 4.65. The van der Waals surface area contributed by atoms with E-state index >= 15 is 0 Å². The second-order valence-corrected chi connectivity index (χ2v) is 20.8. The molecule has 9 heteroatoms. The first-order valence-electron chi connectivity index (χ1n) is 29.6. The lowest BCUT2D eigenvalue weighted by Gasteiger charge is -2.39. The number of carbonyl (C=O) groups excluding carboxylic acids is 1. The number of ether oxygens (including phenoxy) is 4. The summed E-state index contributed by atoms with van der Waals surface area (Å²) >= 11 is 0. The molecule has 0 saturated carbocycles. The lowest BCUT2D eigenvalue weighted by Crippen LogP contribution is -2.59. The fourth-order valence-electron chi connectivity index (χ4n) is 9.67. The number of hydrogen-bond donors (Lipinski definition) is 4. The molecule has 6 atom stereocenters. The van der Waals surface area contributed by atoms with Crippen molar-refractivity contribution in [2.45, 2.75) is 340 Å². The van der Waals surface area contributed by atoms with E-state index in [0.29, 0.717) is 13.0 Å². The van der Waals surface area contributed by atoms with E-state index in [2.05, 4.69) is 13.8 Å². The number of unbranched alkanes of at least 4 members (excludes halogenated alkanes) is 42. The second kappa shape index (κ2) is 50.1. The van der Waals surface area contributed by atoms with E-state index in [1.165, 1.54) is 250 Å². The summed E-state index contributed by atoms with van der Waals surface area (Å²) in [5, 5.41) is 40.3. The molecule has 1 aliphatic heterocycles. The average molecular weight is 956 g/mol. The minimum atomic E-state index is -1.53. The van der Waals surface area contributed by atoms with Gasteiger partial charge in [0.05, 0.1) is 19.8 Å². The van der Waals surface area contributed by atoms with Gasteiger partial charge in [-0.3, -0.25) is 4.79 Å². The SMILES string of the molecule is CCCCCCCCCCCCCCCCCCCCCCCCCCCCOCC(COC1OC(CO)C(O)C(O)C1O)OC(=O)CCCCCCCCCCCCCCCCCCCC. The molecule has 0 amide bonds. The Balaban J connectivity index is 2.10. The Kier molecular flexibility index (Phi) is 48.1. The topological polar surface area (TPSA) is 135 Å². The van der Waals surface area contributed by atoms with Crippen LogP contribution in [0.2, 0.25) is 0 Å². The van der Waals surface area contributed by atoms with Gasteiger partial charge in [0.15, 0.2) is 6.29 Å². The first-order valence-corrected chi connectivity index (χ1v) is 29.6. The fraction of sp³-hybridized carbons (Fsp3) is 0.983. The molecule has 6 unspecified atom stereocenters. The van der Waals surface area contributed by atoms with Crippen LogP contribution in [0.1, 0.15) is 303 Å². The van der Waals surface area contributed by atoms with Crippen molar-refractivity contribution < 1.29 is 44.2 Å². The summed E-state index contributed by atoms with van der Waals surface area (Å²) in [6.07, 6.45) is 51.6. The summed E-state index contributed by atoms with van der Waals surface area (Å²) < 4.78 is 23.0. The van der Waals surface area contributed by atoms with Crippen LogP contribution >= 0.6 is 0 Å². The first-order chi connectivity index (χ1) is 32.9. The molecule has 1 fully saturated rings. The van der Waals surface area contributed by atoms with Crippen LogP contribution in [0.15, 0.2) is 0 Å². The Morgan fingerprint density at radius 3 is 1.06 bits per heavy atom. The van der Waals surface area contributed by atoms with E-state index in [0.717, 1.165) is 32.1 Å². The van der Waals surface area contributed by atoms with E-state index in [1.807, 2.05) is 0 Å². The van der Waals surface area contributed by atoms with Crippen LogP contribution in [0, 0.1) is 0 Å². The predicted octanol–water partition coefficient (Wildman–Crippen LogP) is 15.3. The average Bonchev–Trinajstić information content (AvgIpc) is 3.33. The van der Waals surface area contributed by atoms with Gasteiger partial charge >= 0.3 is 5.97 Å². The molecule has 0 aliphatic carbocycles. The van der Waals surface area contributed by atoms with Crippen LogP contribution < -0.4 is 0 Å². The Bertz CT molecular complexity index is 997. The number of hydrogen-bond acceptors (Lipinski definition) is 9. The van der Waals surface area contributed by atoms with Gasteiger partial charge in [0.1, 0.15) is 30.5 Å². The number of rotatable bonds is 53. The van der Waals surface area contributed by atoms with E-state index in [1.54, 1.807) is 0 Å². The van der Waals surface area contributed by atoms with Crippen molar-refractivity contribution in [1.82, 2.24) is 0 Å². The second-order valence-electron chi connectivity index (χ2n) is 20.8. The van der Waals surface area contributed by atoms with Gasteiger partial charge in [0.2, 0.25) is 0 Å². The highest BCUT2D eigenvalue weighted by molar-refractivity contribution is 5.69. The van der Waals surface area contributed by atoms with Crippen LogP contribution in [-0.4, -0.2) is 89.6 Å². The lowest BCUT2D eigenvalue weighted by molar-refractivity contribution is -0.305. The first kappa shape index (κ1) is 64.2. The van der Waals surface area contributed by atoms with Crippen molar-refractivity contribution >= 4 is 5.97 Å². The van der Waals surface area contributed by atoms with Gasteiger partial charge in [-0.15, -0.1) is 0 Å². The summed E-state index contributed by atoms with van der Waals surface area (Å²) in [6, 6.07) is 0.